The summed E-state index contributed by atoms with van der Waals surface area (Å²) in [5, 5.41) is 6.73. The molecule has 2 aromatic heterocycles. The van der Waals surface area contributed by atoms with Crippen molar-refractivity contribution >= 4 is 28.8 Å². The quantitative estimate of drug-likeness (QED) is 0.814. The first-order valence-electron chi connectivity index (χ1n) is 5.87. The van der Waals surface area contributed by atoms with Gasteiger partial charge < -0.3 is 5.32 Å². The van der Waals surface area contributed by atoms with E-state index in [0.29, 0.717) is 6.42 Å². The molecular weight excluding hydrogens is 309 g/mol. The van der Waals surface area contributed by atoms with Gasteiger partial charge in [0.05, 0.1) is 5.56 Å². The summed E-state index contributed by atoms with van der Waals surface area (Å²) in [6.07, 6.45) is -3.72. The minimum Gasteiger partial charge on any atom is -0.367 e. The number of hydrogen-bond donors (Lipinski definition) is 1. The van der Waals surface area contributed by atoms with E-state index in [1.165, 1.54) is 0 Å². The van der Waals surface area contributed by atoms with Crippen molar-refractivity contribution in [3.8, 4) is 0 Å². The van der Waals surface area contributed by atoms with Gasteiger partial charge in [-0.15, -0.1) is 0 Å². The summed E-state index contributed by atoms with van der Waals surface area (Å²) >= 11 is 7.22. The topological polar surface area (TPSA) is 24.9 Å². The number of nitrogens with zero attached hydrogens (tertiary/aromatic N) is 1. The van der Waals surface area contributed by atoms with E-state index in [-0.39, 0.29) is 17.0 Å². The third kappa shape index (κ3) is 4.11. The van der Waals surface area contributed by atoms with Gasteiger partial charge in [0.15, 0.2) is 0 Å². The number of thiophene rings is 1. The fourth-order valence-electron chi connectivity index (χ4n) is 1.80. The van der Waals surface area contributed by atoms with E-state index in [4.69, 9.17) is 11.6 Å². The van der Waals surface area contributed by atoms with Crippen LogP contribution in [-0.2, 0) is 12.6 Å². The van der Waals surface area contributed by atoms with Crippen LogP contribution >= 0.6 is 22.9 Å². The number of nitrogens with one attached hydrogen (secondary N) is 1. The fourth-order valence-corrected chi connectivity index (χ4v) is 2.69. The van der Waals surface area contributed by atoms with Gasteiger partial charge in [0.1, 0.15) is 11.0 Å². The number of halogens is 4. The highest BCUT2D eigenvalue weighted by Gasteiger charge is 2.31. The van der Waals surface area contributed by atoms with Crippen LogP contribution in [0.4, 0.5) is 19.0 Å². The third-order valence-corrected chi connectivity index (χ3v) is 3.56. The predicted octanol–water partition coefficient (Wildman–Crippen LogP) is 4.86. The van der Waals surface area contributed by atoms with Gasteiger partial charge in [0, 0.05) is 6.04 Å². The fraction of sp³-hybridized carbons (Fsp3) is 0.308. The number of anilines is 1. The van der Waals surface area contributed by atoms with E-state index in [2.05, 4.69) is 10.3 Å². The van der Waals surface area contributed by atoms with Crippen molar-refractivity contribution in [2.75, 3.05) is 5.32 Å². The summed E-state index contributed by atoms with van der Waals surface area (Å²) in [4.78, 5) is 3.87. The Morgan fingerprint density at radius 1 is 1.40 bits per heavy atom. The Hall–Kier alpha value is -1.27. The lowest BCUT2D eigenvalue weighted by Crippen LogP contribution is -2.19. The Morgan fingerprint density at radius 3 is 2.75 bits per heavy atom. The summed E-state index contributed by atoms with van der Waals surface area (Å²) in [6.45, 7) is 1.88. The highest BCUT2D eigenvalue weighted by molar-refractivity contribution is 7.07. The molecule has 0 fully saturated rings. The summed E-state index contributed by atoms with van der Waals surface area (Å²) in [5.74, 6) is 0.132. The molecule has 2 rings (SSSR count). The Labute approximate surface area is 123 Å². The Morgan fingerprint density at radius 2 is 2.15 bits per heavy atom. The number of alkyl halides is 3. The summed E-state index contributed by atoms with van der Waals surface area (Å²) in [7, 11) is 0. The number of pyridine rings is 1. The lowest BCUT2D eigenvalue weighted by Gasteiger charge is -2.15. The first-order chi connectivity index (χ1) is 9.34. The van der Waals surface area contributed by atoms with Gasteiger partial charge >= 0.3 is 6.18 Å². The molecule has 0 saturated carbocycles. The van der Waals surface area contributed by atoms with Crippen molar-refractivity contribution < 1.29 is 13.2 Å². The zero-order chi connectivity index (χ0) is 14.8. The second-order valence-electron chi connectivity index (χ2n) is 4.44. The third-order valence-electron chi connectivity index (χ3n) is 2.64. The average Bonchev–Trinajstić information content (AvgIpc) is 2.79. The monoisotopic (exact) mass is 320 g/mol. The lowest BCUT2D eigenvalue weighted by atomic mass is 10.1. The standard InChI is InChI=1S/C13H12ClF3N2S/c1-8(4-9-2-3-20-7-9)18-12-6-10(13(15,16)17)5-11(14)19-12/h2-3,5-8H,4H2,1H3,(H,18,19). The second kappa shape index (κ2) is 6.01. The van der Waals surface area contributed by atoms with Crippen molar-refractivity contribution in [1.29, 1.82) is 0 Å². The first-order valence-corrected chi connectivity index (χ1v) is 7.19. The van der Waals surface area contributed by atoms with Gasteiger partial charge in [-0.25, -0.2) is 4.98 Å². The molecule has 20 heavy (non-hydrogen) atoms. The molecule has 1 atom stereocenters. The zero-order valence-corrected chi connectivity index (χ0v) is 12.1. The van der Waals surface area contributed by atoms with Crippen LogP contribution in [0.2, 0.25) is 5.15 Å². The summed E-state index contributed by atoms with van der Waals surface area (Å²) in [6, 6.07) is 3.72. The van der Waals surface area contributed by atoms with E-state index in [0.717, 1.165) is 17.7 Å². The van der Waals surface area contributed by atoms with Crippen LogP contribution < -0.4 is 5.32 Å². The maximum atomic E-state index is 12.7. The molecule has 0 amide bonds. The zero-order valence-electron chi connectivity index (χ0n) is 10.5. The average molecular weight is 321 g/mol. The molecule has 0 saturated heterocycles. The highest BCUT2D eigenvalue weighted by atomic mass is 35.5. The van der Waals surface area contributed by atoms with Crippen molar-refractivity contribution in [3.05, 3.63) is 45.2 Å². The molecule has 108 valence electrons. The van der Waals surface area contributed by atoms with Gasteiger partial charge in [-0.1, -0.05) is 11.6 Å². The molecule has 2 heterocycles. The SMILES string of the molecule is CC(Cc1ccsc1)Nc1cc(C(F)(F)F)cc(Cl)n1. The second-order valence-corrected chi connectivity index (χ2v) is 5.61. The lowest BCUT2D eigenvalue weighted by molar-refractivity contribution is -0.137. The maximum Gasteiger partial charge on any atom is 0.416 e. The predicted molar refractivity (Wildman–Crippen MR) is 75.4 cm³/mol. The van der Waals surface area contributed by atoms with E-state index in [1.54, 1.807) is 11.3 Å². The minimum atomic E-state index is -4.43. The smallest absolute Gasteiger partial charge is 0.367 e. The summed E-state index contributed by atoms with van der Waals surface area (Å²) < 4.78 is 38.0. The molecular formula is C13H12ClF3N2S. The first kappa shape index (κ1) is 15.1. The van der Waals surface area contributed by atoms with Crippen molar-refractivity contribution in [2.24, 2.45) is 0 Å². The Balaban J connectivity index is 2.11. The molecule has 1 N–H and O–H groups in total. The van der Waals surface area contributed by atoms with Crippen LogP contribution in [-0.4, -0.2) is 11.0 Å². The normalized spacial score (nSPS) is 13.2. The van der Waals surface area contributed by atoms with Crippen LogP contribution in [0.25, 0.3) is 0 Å². The van der Waals surface area contributed by atoms with Crippen LogP contribution in [0, 0.1) is 0 Å². The molecule has 7 heteroatoms. The van der Waals surface area contributed by atoms with Gasteiger partial charge in [0.2, 0.25) is 0 Å². The van der Waals surface area contributed by atoms with E-state index in [1.807, 2.05) is 23.8 Å². The van der Waals surface area contributed by atoms with Gasteiger partial charge in [-0.3, -0.25) is 0 Å². The van der Waals surface area contributed by atoms with E-state index >= 15 is 0 Å². The van der Waals surface area contributed by atoms with E-state index in [9.17, 15) is 13.2 Å². The number of hydrogen-bond acceptors (Lipinski definition) is 3. The Bertz CT molecular complexity index is 569. The molecule has 2 nitrogen and oxygen atoms in total. The van der Waals surface area contributed by atoms with Crippen molar-refractivity contribution in [2.45, 2.75) is 25.6 Å². The largest absolute Gasteiger partial charge is 0.416 e. The molecule has 0 aliphatic rings. The molecule has 0 spiro atoms. The molecule has 2 aromatic rings. The summed E-state index contributed by atoms with van der Waals surface area (Å²) in [5.41, 5.74) is 0.329. The molecule has 0 radical (unpaired) electrons. The van der Waals surface area contributed by atoms with Crippen molar-refractivity contribution in [1.82, 2.24) is 4.98 Å². The van der Waals surface area contributed by atoms with Gasteiger partial charge in [-0.05, 0) is 47.9 Å². The van der Waals surface area contributed by atoms with Crippen LogP contribution in [0.5, 0.6) is 0 Å². The maximum absolute atomic E-state index is 12.7. The minimum absolute atomic E-state index is 0.0448. The van der Waals surface area contributed by atoms with Gasteiger partial charge in [0.25, 0.3) is 0 Å². The number of aromatic nitrogens is 1. The number of rotatable bonds is 4. The Kier molecular flexibility index (Phi) is 4.55. The van der Waals surface area contributed by atoms with Crippen LogP contribution in [0.1, 0.15) is 18.1 Å². The molecule has 0 bridgehead atoms. The van der Waals surface area contributed by atoms with Crippen molar-refractivity contribution in [3.63, 3.8) is 0 Å². The molecule has 0 aromatic carbocycles. The molecule has 1 unspecified atom stereocenters. The van der Waals surface area contributed by atoms with Crippen LogP contribution in [0.3, 0.4) is 0 Å². The van der Waals surface area contributed by atoms with Gasteiger partial charge in [-0.2, -0.15) is 24.5 Å². The highest BCUT2D eigenvalue weighted by Crippen LogP contribution is 2.32. The van der Waals surface area contributed by atoms with E-state index < -0.39 is 11.7 Å². The molecule has 0 aliphatic carbocycles. The molecule has 0 aliphatic heterocycles. The van der Waals surface area contributed by atoms with Crippen LogP contribution in [0.15, 0.2) is 29.0 Å².